The highest BCUT2D eigenvalue weighted by atomic mass is 16.5. The minimum Gasteiger partial charge on any atom is -0.497 e. The summed E-state index contributed by atoms with van der Waals surface area (Å²) in [6.45, 7) is 5.31. The number of nitriles is 1. The predicted octanol–water partition coefficient (Wildman–Crippen LogP) is 4.87. The molecule has 0 aliphatic heterocycles. The average Bonchev–Trinajstić information content (AvgIpc) is 3.17. The number of rotatable bonds is 12. The van der Waals surface area contributed by atoms with Crippen LogP contribution in [0.4, 0.5) is 5.69 Å². The Labute approximate surface area is 217 Å². The van der Waals surface area contributed by atoms with E-state index in [0.717, 1.165) is 40.6 Å². The first-order chi connectivity index (χ1) is 17.7. The molecule has 0 bridgehead atoms. The highest BCUT2D eigenvalue weighted by molar-refractivity contribution is 5.98. The third-order valence-electron chi connectivity index (χ3n) is 6.46. The lowest BCUT2D eigenvalue weighted by Gasteiger charge is -2.19. The Kier molecular flexibility index (Phi) is 9.45. The summed E-state index contributed by atoms with van der Waals surface area (Å²) in [5.74, 6) is 0.231. The van der Waals surface area contributed by atoms with Crippen LogP contribution in [0, 0.1) is 25.2 Å². The highest BCUT2D eigenvalue weighted by Crippen LogP contribution is 2.27. The van der Waals surface area contributed by atoms with Crippen LogP contribution < -0.4 is 15.4 Å². The molecule has 2 amide bonds. The van der Waals surface area contributed by atoms with Crippen LogP contribution in [0.5, 0.6) is 5.75 Å². The number of nitrogens with one attached hydrogen (secondary N) is 3. The second kappa shape index (κ2) is 12.7. The molecule has 194 valence electrons. The molecule has 1 atom stereocenters. The first-order valence-corrected chi connectivity index (χ1v) is 12.5. The van der Waals surface area contributed by atoms with E-state index < -0.39 is 6.04 Å². The third kappa shape index (κ3) is 7.43. The van der Waals surface area contributed by atoms with E-state index in [1.54, 1.807) is 32.2 Å². The first kappa shape index (κ1) is 27.5. The maximum Gasteiger partial charge on any atom is 0.246 e. The molecule has 1 aromatic heterocycles. The van der Waals surface area contributed by atoms with Gasteiger partial charge in [0.05, 0.1) is 25.2 Å². The molecular formula is C29H34N4O4. The molecule has 0 radical (unpaired) electrons. The Morgan fingerprint density at radius 2 is 1.86 bits per heavy atom. The van der Waals surface area contributed by atoms with Crippen molar-refractivity contribution in [3.8, 4) is 11.8 Å². The van der Waals surface area contributed by atoms with E-state index in [0.29, 0.717) is 36.3 Å². The molecule has 0 aliphatic carbocycles. The van der Waals surface area contributed by atoms with Crippen molar-refractivity contribution in [1.29, 1.82) is 5.26 Å². The minimum atomic E-state index is -0.753. The molecule has 0 spiro atoms. The zero-order valence-electron chi connectivity index (χ0n) is 21.9. The molecular weight excluding hydrogens is 468 g/mol. The number of aromatic amines is 1. The van der Waals surface area contributed by atoms with Crippen LogP contribution in [0.15, 0.2) is 36.4 Å². The van der Waals surface area contributed by atoms with Gasteiger partial charge in [-0.2, -0.15) is 5.26 Å². The summed E-state index contributed by atoms with van der Waals surface area (Å²) in [4.78, 5) is 40.8. The Morgan fingerprint density at radius 3 is 2.57 bits per heavy atom. The van der Waals surface area contributed by atoms with Gasteiger partial charge in [0, 0.05) is 28.7 Å². The lowest BCUT2D eigenvalue weighted by molar-refractivity contribution is -0.126. The normalized spacial score (nSPS) is 11.5. The number of carbonyl (C=O) groups excluding carboxylic acids is 3. The van der Waals surface area contributed by atoms with E-state index in [1.165, 1.54) is 0 Å². The standard InChI is InChI=1S/C29H34N4O4/c1-18-10-11-22(14-21(18)17-30)32-29(36)27(9-7-5-6-8-19(2)34)33-28(35)16-24-20(3)31-26-13-12-23(37-4)15-25(24)26/h10-15,27,31H,5-9,16H2,1-4H3,(H,32,36)(H,33,35). The van der Waals surface area contributed by atoms with Crippen LogP contribution in [-0.4, -0.2) is 35.7 Å². The number of aryl methyl sites for hydroxylation is 2. The number of amides is 2. The molecule has 3 N–H and O–H groups in total. The molecule has 8 nitrogen and oxygen atoms in total. The van der Waals surface area contributed by atoms with Crippen LogP contribution in [0.2, 0.25) is 0 Å². The van der Waals surface area contributed by atoms with Gasteiger partial charge in [0.15, 0.2) is 0 Å². The smallest absolute Gasteiger partial charge is 0.246 e. The molecule has 0 saturated heterocycles. The van der Waals surface area contributed by atoms with Crippen LogP contribution in [-0.2, 0) is 20.8 Å². The fraction of sp³-hybridized carbons (Fsp3) is 0.379. The number of hydrogen-bond donors (Lipinski definition) is 3. The lowest BCUT2D eigenvalue weighted by atomic mass is 10.0. The number of ketones is 1. The summed E-state index contributed by atoms with van der Waals surface area (Å²) in [7, 11) is 1.60. The number of Topliss-reactive ketones (excluding diaryl/α,β-unsaturated/α-hetero) is 1. The number of anilines is 1. The van der Waals surface area contributed by atoms with Crippen molar-refractivity contribution in [3.63, 3.8) is 0 Å². The zero-order chi connectivity index (χ0) is 26.9. The molecule has 2 aromatic carbocycles. The summed E-state index contributed by atoms with van der Waals surface area (Å²) >= 11 is 0. The lowest BCUT2D eigenvalue weighted by Crippen LogP contribution is -2.44. The van der Waals surface area contributed by atoms with Gasteiger partial charge in [-0.05, 0) is 75.1 Å². The fourth-order valence-corrected chi connectivity index (χ4v) is 4.34. The Morgan fingerprint density at radius 1 is 1.08 bits per heavy atom. The van der Waals surface area contributed by atoms with Crippen molar-refractivity contribution < 1.29 is 19.1 Å². The molecule has 37 heavy (non-hydrogen) atoms. The fourth-order valence-electron chi connectivity index (χ4n) is 4.34. The van der Waals surface area contributed by atoms with Gasteiger partial charge >= 0.3 is 0 Å². The van der Waals surface area contributed by atoms with Crippen molar-refractivity contribution in [2.75, 3.05) is 12.4 Å². The van der Waals surface area contributed by atoms with Gasteiger partial charge < -0.3 is 25.1 Å². The second-order valence-corrected chi connectivity index (χ2v) is 9.37. The number of aromatic nitrogens is 1. The average molecular weight is 503 g/mol. The number of hydrogen-bond acceptors (Lipinski definition) is 5. The van der Waals surface area contributed by atoms with Crippen LogP contribution in [0.25, 0.3) is 10.9 Å². The number of benzene rings is 2. The molecule has 0 fully saturated rings. The van der Waals surface area contributed by atoms with Gasteiger partial charge in [-0.1, -0.05) is 18.9 Å². The van der Waals surface area contributed by atoms with Gasteiger partial charge in [-0.15, -0.1) is 0 Å². The topological polar surface area (TPSA) is 124 Å². The Bertz CT molecular complexity index is 1340. The van der Waals surface area contributed by atoms with E-state index in [-0.39, 0.29) is 24.0 Å². The van der Waals surface area contributed by atoms with Gasteiger partial charge in [-0.25, -0.2) is 0 Å². The van der Waals surface area contributed by atoms with Crippen LogP contribution >= 0.6 is 0 Å². The molecule has 8 heteroatoms. The molecule has 3 rings (SSSR count). The summed E-state index contributed by atoms with van der Waals surface area (Å²) < 4.78 is 5.34. The molecule has 0 saturated carbocycles. The van der Waals surface area contributed by atoms with Crippen LogP contribution in [0.3, 0.4) is 0 Å². The molecule has 1 heterocycles. The zero-order valence-corrected chi connectivity index (χ0v) is 21.9. The SMILES string of the molecule is COc1ccc2[nH]c(C)c(CC(=O)NC(CCCCCC(C)=O)C(=O)Nc3ccc(C)c(C#N)c3)c2c1. The predicted molar refractivity (Wildman–Crippen MR) is 144 cm³/mol. The van der Waals surface area contributed by atoms with E-state index in [1.807, 2.05) is 32.0 Å². The second-order valence-electron chi connectivity index (χ2n) is 9.37. The van der Waals surface area contributed by atoms with E-state index in [9.17, 15) is 19.6 Å². The van der Waals surface area contributed by atoms with Crippen molar-refractivity contribution >= 4 is 34.2 Å². The molecule has 0 aliphatic rings. The maximum atomic E-state index is 13.2. The Hall–Kier alpha value is -4.12. The number of ether oxygens (including phenoxy) is 1. The number of unbranched alkanes of at least 4 members (excludes halogenated alkanes) is 2. The number of H-pyrrole nitrogens is 1. The minimum absolute atomic E-state index is 0.107. The van der Waals surface area contributed by atoms with Gasteiger partial charge in [-0.3, -0.25) is 9.59 Å². The largest absolute Gasteiger partial charge is 0.497 e. The number of methoxy groups -OCH3 is 1. The number of carbonyl (C=O) groups is 3. The first-order valence-electron chi connectivity index (χ1n) is 12.5. The molecule has 1 unspecified atom stereocenters. The quantitative estimate of drug-likeness (QED) is 0.305. The summed E-state index contributed by atoms with van der Waals surface area (Å²) in [6.07, 6.45) is 3.27. The van der Waals surface area contributed by atoms with E-state index in [2.05, 4.69) is 21.7 Å². The summed E-state index contributed by atoms with van der Waals surface area (Å²) in [5, 5.41) is 16.0. The van der Waals surface area contributed by atoms with Crippen LogP contribution in [0.1, 0.15) is 61.4 Å². The van der Waals surface area contributed by atoms with E-state index in [4.69, 9.17) is 4.74 Å². The van der Waals surface area contributed by atoms with Crippen molar-refractivity contribution in [2.24, 2.45) is 0 Å². The third-order valence-corrected chi connectivity index (χ3v) is 6.46. The number of fused-ring (bicyclic) bond motifs is 1. The van der Waals surface area contributed by atoms with Gasteiger partial charge in [0.1, 0.15) is 17.6 Å². The summed E-state index contributed by atoms with van der Waals surface area (Å²) in [5.41, 5.74) is 4.45. The van der Waals surface area contributed by atoms with Crippen molar-refractivity contribution in [2.45, 2.75) is 65.3 Å². The van der Waals surface area contributed by atoms with Gasteiger partial charge in [0.25, 0.3) is 0 Å². The number of nitrogens with zero attached hydrogens (tertiary/aromatic N) is 1. The van der Waals surface area contributed by atoms with E-state index >= 15 is 0 Å². The Balaban J connectivity index is 1.74. The van der Waals surface area contributed by atoms with Crippen molar-refractivity contribution in [3.05, 3.63) is 58.8 Å². The maximum absolute atomic E-state index is 13.2. The van der Waals surface area contributed by atoms with Crippen molar-refractivity contribution in [1.82, 2.24) is 10.3 Å². The highest BCUT2D eigenvalue weighted by Gasteiger charge is 2.22. The summed E-state index contributed by atoms with van der Waals surface area (Å²) in [6, 6.07) is 12.2. The monoisotopic (exact) mass is 502 g/mol. The molecule has 3 aromatic rings. The van der Waals surface area contributed by atoms with Gasteiger partial charge in [0.2, 0.25) is 11.8 Å².